The maximum absolute atomic E-state index is 13.7. The molecule has 0 N–H and O–H groups in total. The van der Waals surface area contributed by atoms with E-state index in [0.717, 1.165) is 32.7 Å². The summed E-state index contributed by atoms with van der Waals surface area (Å²) in [4.78, 5) is 9.23. The number of halogens is 1. The molecule has 2 heterocycles. The SMILES string of the molecule is Cc1ccc(-c2noc(CN3CCN(CC(C)C)CC3)n2)cc1F. The summed E-state index contributed by atoms with van der Waals surface area (Å²) in [6, 6.07) is 5.00. The molecule has 1 aliphatic rings. The Morgan fingerprint density at radius 2 is 1.88 bits per heavy atom. The first kappa shape index (κ1) is 17.0. The van der Waals surface area contributed by atoms with E-state index in [1.54, 1.807) is 13.0 Å². The van der Waals surface area contributed by atoms with Crippen LogP contribution in [0.1, 0.15) is 25.3 Å². The lowest BCUT2D eigenvalue weighted by atomic mass is 10.1. The second-order valence-electron chi connectivity index (χ2n) is 6.95. The van der Waals surface area contributed by atoms with Gasteiger partial charge in [-0.2, -0.15) is 4.98 Å². The van der Waals surface area contributed by atoms with Gasteiger partial charge in [0.2, 0.25) is 11.7 Å². The first-order chi connectivity index (χ1) is 11.5. The number of hydrogen-bond donors (Lipinski definition) is 0. The van der Waals surface area contributed by atoms with Crippen LogP contribution in [0.5, 0.6) is 0 Å². The quantitative estimate of drug-likeness (QED) is 0.842. The molecule has 0 atom stereocenters. The summed E-state index contributed by atoms with van der Waals surface area (Å²) in [6.45, 7) is 12.2. The van der Waals surface area contributed by atoms with Gasteiger partial charge >= 0.3 is 0 Å². The van der Waals surface area contributed by atoms with Crippen molar-refractivity contribution in [3.05, 3.63) is 35.5 Å². The minimum Gasteiger partial charge on any atom is -0.338 e. The molecule has 1 saturated heterocycles. The largest absolute Gasteiger partial charge is 0.338 e. The Balaban J connectivity index is 1.58. The fraction of sp³-hybridized carbons (Fsp3) is 0.556. The Hall–Kier alpha value is -1.79. The minimum atomic E-state index is -0.250. The average Bonchev–Trinajstić information content (AvgIpc) is 3.00. The molecule has 2 aromatic rings. The summed E-state index contributed by atoms with van der Waals surface area (Å²) in [5.74, 6) is 1.48. The number of nitrogens with zero attached hydrogens (tertiary/aromatic N) is 4. The number of benzene rings is 1. The van der Waals surface area contributed by atoms with Gasteiger partial charge in [0.1, 0.15) is 5.82 Å². The van der Waals surface area contributed by atoms with Crippen LogP contribution < -0.4 is 0 Å². The van der Waals surface area contributed by atoms with Gasteiger partial charge in [0.25, 0.3) is 0 Å². The van der Waals surface area contributed by atoms with Crippen LogP contribution in [0.3, 0.4) is 0 Å². The number of piperazine rings is 1. The zero-order valence-electron chi connectivity index (χ0n) is 14.6. The van der Waals surface area contributed by atoms with E-state index in [1.807, 2.05) is 6.07 Å². The first-order valence-corrected chi connectivity index (χ1v) is 8.55. The number of hydrogen-bond acceptors (Lipinski definition) is 5. The van der Waals surface area contributed by atoms with Gasteiger partial charge in [0.05, 0.1) is 6.54 Å². The van der Waals surface area contributed by atoms with Crippen molar-refractivity contribution in [2.24, 2.45) is 5.92 Å². The summed E-state index contributed by atoms with van der Waals surface area (Å²) < 4.78 is 19.0. The smallest absolute Gasteiger partial charge is 0.241 e. The molecule has 0 aliphatic carbocycles. The molecule has 0 amide bonds. The number of aryl methyl sites for hydroxylation is 1. The molecule has 0 bridgehead atoms. The van der Waals surface area contributed by atoms with Crippen LogP contribution in [-0.4, -0.2) is 52.7 Å². The molecule has 0 unspecified atom stereocenters. The van der Waals surface area contributed by atoms with Crippen LogP contribution >= 0.6 is 0 Å². The minimum absolute atomic E-state index is 0.250. The Bertz CT molecular complexity index is 677. The van der Waals surface area contributed by atoms with Crippen molar-refractivity contribution in [3.8, 4) is 11.4 Å². The van der Waals surface area contributed by atoms with E-state index in [1.165, 1.54) is 6.07 Å². The molecular formula is C18H25FN4O. The lowest BCUT2D eigenvalue weighted by Crippen LogP contribution is -2.46. The molecule has 0 saturated carbocycles. The summed E-state index contributed by atoms with van der Waals surface area (Å²) in [7, 11) is 0. The van der Waals surface area contributed by atoms with Gasteiger partial charge < -0.3 is 9.42 Å². The predicted octanol–water partition coefficient (Wildman–Crippen LogP) is 2.96. The summed E-state index contributed by atoms with van der Waals surface area (Å²) in [6.07, 6.45) is 0. The molecule has 0 radical (unpaired) electrons. The van der Waals surface area contributed by atoms with E-state index >= 15 is 0 Å². The maximum Gasteiger partial charge on any atom is 0.241 e. The Morgan fingerprint density at radius 3 is 2.54 bits per heavy atom. The van der Waals surface area contributed by atoms with Crippen LogP contribution in [0.4, 0.5) is 4.39 Å². The Kier molecular flexibility index (Phi) is 5.26. The molecule has 130 valence electrons. The van der Waals surface area contributed by atoms with Gasteiger partial charge in [-0.3, -0.25) is 4.90 Å². The van der Waals surface area contributed by atoms with Crippen molar-refractivity contribution < 1.29 is 8.91 Å². The summed E-state index contributed by atoms with van der Waals surface area (Å²) >= 11 is 0. The van der Waals surface area contributed by atoms with Gasteiger partial charge in [0.15, 0.2) is 0 Å². The van der Waals surface area contributed by atoms with Gasteiger partial charge in [-0.25, -0.2) is 4.39 Å². The van der Waals surface area contributed by atoms with Crippen molar-refractivity contribution in [1.82, 2.24) is 19.9 Å². The highest BCUT2D eigenvalue weighted by atomic mass is 19.1. The van der Waals surface area contributed by atoms with Gasteiger partial charge in [-0.05, 0) is 24.5 Å². The molecule has 3 rings (SSSR count). The second-order valence-corrected chi connectivity index (χ2v) is 6.95. The van der Waals surface area contributed by atoms with E-state index < -0.39 is 0 Å². The molecule has 5 nitrogen and oxygen atoms in total. The summed E-state index contributed by atoms with van der Waals surface area (Å²) in [5, 5.41) is 3.99. The third-order valence-corrected chi connectivity index (χ3v) is 4.35. The molecule has 24 heavy (non-hydrogen) atoms. The predicted molar refractivity (Wildman–Crippen MR) is 91.0 cm³/mol. The zero-order valence-corrected chi connectivity index (χ0v) is 14.6. The van der Waals surface area contributed by atoms with Gasteiger partial charge in [-0.1, -0.05) is 31.1 Å². The van der Waals surface area contributed by atoms with E-state index in [4.69, 9.17) is 4.52 Å². The molecule has 1 aromatic heterocycles. The Labute approximate surface area is 142 Å². The van der Waals surface area contributed by atoms with E-state index in [-0.39, 0.29) is 5.82 Å². The lowest BCUT2D eigenvalue weighted by molar-refractivity contribution is 0.108. The zero-order chi connectivity index (χ0) is 17.1. The molecule has 1 aromatic carbocycles. The first-order valence-electron chi connectivity index (χ1n) is 8.55. The number of rotatable bonds is 5. The van der Waals surface area contributed by atoms with Crippen molar-refractivity contribution in [3.63, 3.8) is 0 Å². The van der Waals surface area contributed by atoms with E-state index in [9.17, 15) is 4.39 Å². The van der Waals surface area contributed by atoms with E-state index in [2.05, 4.69) is 33.8 Å². The topological polar surface area (TPSA) is 45.4 Å². The monoisotopic (exact) mass is 332 g/mol. The third kappa shape index (κ3) is 4.19. The third-order valence-electron chi connectivity index (χ3n) is 4.35. The second kappa shape index (κ2) is 7.40. The lowest BCUT2D eigenvalue weighted by Gasteiger charge is -2.34. The molecule has 0 spiro atoms. The van der Waals surface area contributed by atoms with Gasteiger partial charge in [0, 0.05) is 38.3 Å². The molecular weight excluding hydrogens is 307 g/mol. The normalized spacial score (nSPS) is 16.9. The van der Waals surface area contributed by atoms with Crippen molar-refractivity contribution >= 4 is 0 Å². The fourth-order valence-electron chi connectivity index (χ4n) is 3.01. The number of aromatic nitrogens is 2. The molecule has 6 heteroatoms. The van der Waals surface area contributed by atoms with Crippen molar-refractivity contribution in [2.45, 2.75) is 27.3 Å². The highest BCUT2D eigenvalue weighted by Crippen LogP contribution is 2.19. The standard InChI is InChI=1S/C18H25FN4O/c1-13(2)11-22-6-8-23(9-7-22)12-17-20-18(21-24-17)15-5-4-14(3)16(19)10-15/h4-5,10,13H,6-9,11-12H2,1-3H3. The van der Waals surface area contributed by atoms with Crippen molar-refractivity contribution in [1.29, 1.82) is 0 Å². The van der Waals surface area contributed by atoms with E-state index in [0.29, 0.717) is 35.3 Å². The average molecular weight is 332 g/mol. The highest BCUT2D eigenvalue weighted by molar-refractivity contribution is 5.54. The van der Waals surface area contributed by atoms with Gasteiger partial charge in [-0.15, -0.1) is 0 Å². The van der Waals surface area contributed by atoms with Crippen molar-refractivity contribution in [2.75, 3.05) is 32.7 Å². The van der Waals surface area contributed by atoms with Crippen LogP contribution in [0, 0.1) is 18.7 Å². The Morgan fingerprint density at radius 1 is 1.17 bits per heavy atom. The van der Waals surface area contributed by atoms with Crippen LogP contribution in [0.2, 0.25) is 0 Å². The molecule has 1 fully saturated rings. The molecule has 1 aliphatic heterocycles. The maximum atomic E-state index is 13.7. The highest BCUT2D eigenvalue weighted by Gasteiger charge is 2.20. The van der Waals surface area contributed by atoms with Crippen LogP contribution in [0.15, 0.2) is 22.7 Å². The van der Waals surface area contributed by atoms with Crippen LogP contribution in [0.25, 0.3) is 11.4 Å². The fourth-order valence-corrected chi connectivity index (χ4v) is 3.01. The summed E-state index contributed by atoms with van der Waals surface area (Å²) in [5.41, 5.74) is 1.26. The van der Waals surface area contributed by atoms with Crippen LogP contribution in [-0.2, 0) is 6.54 Å².